The molecule has 0 radical (unpaired) electrons. The molecule has 0 spiro atoms. The monoisotopic (exact) mass is 375 g/mol. The van der Waals surface area contributed by atoms with E-state index in [1.54, 1.807) is 4.57 Å². The van der Waals surface area contributed by atoms with Gasteiger partial charge in [0.1, 0.15) is 0 Å². The fourth-order valence-corrected chi connectivity index (χ4v) is 3.80. The van der Waals surface area contributed by atoms with Crippen molar-refractivity contribution < 1.29 is 9.36 Å². The van der Waals surface area contributed by atoms with Crippen molar-refractivity contribution >= 4 is 23.3 Å². The van der Waals surface area contributed by atoms with E-state index in [9.17, 15) is 9.59 Å². The molecular weight excluding hydrogens is 352 g/mol. The predicted molar refractivity (Wildman–Crippen MR) is 109 cm³/mol. The van der Waals surface area contributed by atoms with Crippen molar-refractivity contribution in [3.05, 3.63) is 75.7 Å². The molecule has 0 fully saturated rings. The molecule has 0 saturated heterocycles. The van der Waals surface area contributed by atoms with Crippen LogP contribution in [0.15, 0.2) is 58.4 Å². The van der Waals surface area contributed by atoms with Gasteiger partial charge in [0.15, 0.2) is 18.3 Å². The van der Waals surface area contributed by atoms with E-state index in [2.05, 4.69) is 10.3 Å². The van der Waals surface area contributed by atoms with E-state index in [1.165, 1.54) is 0 Å². The number of fused-ring (bicyclic) bond motifs is 3. The molecule has 142 valence electrons. The third kappa shape index (κ3) is 2.91. The molecule has 4 rings (SSSR count). The topological polar surface area (TPSA) is 67.3 Å². The summed E-state index contributed by atoms with van der Waals surface area (Å²) in [5.74, 6) is 0.378. The second-order valence-electron chi connectivity index (χ2n) is 7.07. The number of hydrogen-bond acceptors (Lipinski definition) is 3. The fraction of sp³-hybridized carbons (Fsp3) is 0.273. The molecular formula is C22H23N4O2+. The van der Waals surface area contributed by atoms with Gasteiger partial charge in [0.05, 0.1) is 11.3 Å². The van der Waals surface area contributed by atoms with E-state index in [-0.39, 0.29) is 24.1 Å². The lowest BCUT2D eigenvalue weighted by atomic mass is 10.1. The Morgan fingerprint density at radius 3 is 2.79 bits per heavy atom. The number of rotatable bonds is 4. The molecule has 28 heavy (non-hydrogen) atoms. The molecule has 0 saturated carbocycles. The van der Waals surface area contributed by atoms with Gasteiger partial charge in [-0.1, -0.05) is 42.3 Å². The van der Waals surface area contributed by atoms with Crippen LogP contribution in [0.4, 0.5) is 11.6 Å². The summed E-state index contributed by atoms with van der Waals surface area (Å²) >= 11 is 0. The quantitative estimate of drug-likeness (QED) is 0.835. The van der Waals surface area contributed by atoms with Crippen LogP contribution in [-0.2, 0) is 17.8 Å². The Morgan fingerprint density at radius 2 is 2.04 bits per heavy atom. The van der Waals surface area contributed by atoms with E-state index >= 15 is 0 Å². The number of amides is 1. The first kappa shape index (κ1) is 18.1. The maximum Gasteiger partial charge on any atom is 0.403 e. The van der Waals surface area contributed by atoms with Gasteiger partial charge >= 0.3 is 11.5 Å². The first-order valence-corrected chi connectivity index (χ1v) is 9.48. The lowest BCUT2D eigenvalue weighted by Crippen LogP contribution is -2.49. The number of aliphatic imine (C=N–C) groups is 1. The number of para-hydroxylation sites is 1. The van der Waals surface area contributed by atoms with Crippen LogP contribution < -0.4 is 15.4 Å². The lowest BCUT2D eigenvalue weighted by Gasteiger charge is -2.14. The first-order chi connectivity index (χ1) is 13.5. The van der Waals surface area contributed by atoms with Gasteiger partial charge in [-0.15, -0.1) is 0 Å². The van der Waals surface area contributed by atoms with Crippen LogP contribution >= 0.6 is 0 Å². The van der Waals surface area contributed by atoms with Crippen LogP contribution in [0.2, 0.25) is 0 Å². The minimum atomic E-state index is -0.205. The first-order valence-electron chi connectivity index (χ1n) is 9.48. The number of nitrogens with one attached hydrogen (secondary N) is 1. The number of anilines is 1. The molecule has 1 aliphatic heterocycles. The molecule has 1 atom stereocenters. The lowest BCUT2D eigenvalue weighted by molar-refractivity contribution is -0.681. The molecule has 1 unspecified atom stereocenters. The number of allylic oxidation sites excluding steroid dienone is 4. The summed E-state index contributed by atoms with van der Waals surface area (Å²) in [5, 5.41) is 2.97. The molecule has 1 aliphatic carbocycles. The molecule has 6 heteroatoms. The summed E-state index contributed by atoms with van der Waals surface area (Å²) in [6.45, 7) is 5.90. The Balaban J connectivity index is 1.76. The van der Waals surface area contributed by atoms with Gasteiger partial charge < -0.3 is 5.32 Å². The van der Waals surface area contributed by atoms with Crippen LogP contribution in [0.25, 0.3) is 0 Å². The normalized spacial score (nSPS) is 16.5. The number of carbonyl (C=O) groups is 1. The Bertz CT molecular complexity index is 1120. The number of carbonyl (C=O) groups excluding carboxylic acids is 1. The Hall–Kier alpha value is -3.28. The van der Waals surface area contributed by atoms with Crippen LogP contribution in [-0.4, -0.2) is 16.2 Å². The van der Waals surface area contributed by atoms with Crippen molar-refractivity contribution in [1.29, 1.82) is 0 Å². The van der Waals surface area contributed by atoms with E-state index in [0.29, 0.717) is 17.9 Å². The average molecular weight is 375 g/mol. The van der Waals surface area contributed by atoms with Gasteiger partial charge in [0.2, 0.25) is 0 Å². The molecule has 1 amide bonds. The highest BCUT2D eigenvalue weighted by atomic mass is 16.2. The third-order valence-electron chi connectivity index (χ3n) is 5.33. The zero-order valence-electron chi connectivity index (χ0n) is 16.3. The van der Waals surface area contributed by atoms with Crippen molar-refractivity contribution in [2.75, 3.05) is 5.32 Å². The van der Waals surface area contributed by atoms with Crippen LogP contribution in [0.5, 0.6) is 0 Å². The van der Waals surface area contributed by atoms with Gasteiger partial charge in [-0.3, -0.25) is 9.59 Å². The molecule has 2 aromatic rings. The molecule has 1 aromatic carbocycles. The zero-order chi connectivity index (χ0) is 19.8. The Morgan fingerprint density at radius 1 is 1.25 bits per heavy atom. The molecule has 1 N–H and O–H groups in total. The number of aryl methyl sites for hydroxylation is 1. The van der Waals surface area contributed by atoms with Crippen LogP contribution in [0.1, 0.15) is 29.8 Å². The number of aromatic nitrogens is 2. The van der Waals surface area contributed by atoms with E-state index in [4.69, 9.17) is 0 Å². The maximum absolute atomic E-state index is 13.1. The van der Waals surface area contributed by atoms with Gasteiger partial charge in [-0.25, -0.2) is 4.57 Å². The molecule has 1 aromatic heterocycles. The Labute approximate surface area is 163 Å². The van der Waals surface area contributed by atoms with Gasteiger partial charge in [0.25, 0.3) is 5.91 Å². The Kier molecular flexibility index (Phi) is 4.55. The average Bonchev–Trinajstić information content (AvgIpc) is 3.07. The number of nitrogens with zero attached hydrogens (tertiary/aromatic N) is 3. The molecule has 6 nitrogen and oxygen atoms in total. The molecule has 2 aliphatic rings. The van der Waals surface area contributed by atoms with Crippen molar-refractivity contribution in [3.8, 4) is 0 Å². The second-order valence-corrected chi connectivity index (χ2v) is 7.07. The maximum atomic E-state index is 13.1. The fourth-order valence-electron chi connectivity index (χ4n) is 3.80. The predicted octanol–water partition coefficient (Wildman–Crippen LogP) is 2.71. The second kappa shape index (κ2) is 7.03. The number of hydrogen-bond donors (Lipinski definition) is 1. The highest BCUT2D eigenvalue weighted by molar-refractivity contribution is 6.03. The van der Waals surface area contributed by atoms with Crippen LogP contribution in [0.3, 0.4) is 0 Å². The van der Waals surface area contributed by atoms with Crippen LogP contribution in [0, 0.1) is 13.8 Å². The molecule has 2 heterocycles. The van der Waals surface area contributed by atoms with Crippen molar-refractivity contribution in [1.82, 2.24) is 4.57 Å². The van der Waals surface area contributed by atoms with Gasteiger partial charge in [0, 0.05) is 5.69 Å². The highest BCUT2D eigenvalue weighted by Gasteiger charge is 2.38. The smallest absolute Gasteiger partial charge is 0.323 e. The van der Waals surface area contributed by atoms with E-state index < -0.39 is 0 Å². The van der Waals surface area contributed by atoms with Crippen molar-refractivity contribution in [2.24, 2.45) is 4.99 Å². The summed E-state index contributed by atoms with van der Waals surface area (Å²) < 4.78 is 3.54. The van der Waals surface area contributed by atoms with E-state index in [1.807, 2.05) is 73.9 Å². The van der Waals surface area contributed by atoms with Crippen molar-refractivity contribution in [3.63, 3.8) is 0 Å². The summed E-state index contributed by atoms with van der Waals surface area (Å²) in [7, 11) is 0. The van der Waals surface area contributed by atoms with Gasteiger partial charge in [-0.2, -0.15) is 4.57 Å². The summed E-state index contributed by atoms with van der Waals surface area (Å²) in [4.78, 5) is 30.5. The minimum absolute atomic E-state index is 0.0331. The molecule has 0 bridgehead atoms. The SMILES string of the molecule is CCc1c(C)[n+](CC(=O)Nc2ccccc2C)c2n(c1=O)C1C=CC=CC1=N2. The van der Waals surface area contributed by atoms with Gasteiger partial charge in [-0.05, 0) is 44.1 Å². The largest absolute Gasteiger partial charge is 0.403 e. The summed E-state index contributed by atoms with van der Waals surface area (Å²) in [5.41, 5.74) is 4.08. The minimum Gasteiger partial charge on any atom is -0.323 e. The third-order valence-corrected chi connectivity index (χ3v) is 5.33. The number of benzene rings is 1. The summed E-state index contributed by atoms with van der Waals surface area (Å²) in [6.07, 6.45) is 8.31. The van der Waals surface area contributed by atoms with Crippen molar-refractivity contribution in [2.45, 2.75) is 39.8 Å². The zero-order valence-corrected chi connectivity index (χ0v) is 16.3. The highest BCUT2D eigenvalue weighted by Crippen LogP contribution is 2.27. The van der Waals surface area contributed by atoms with E-state index in [0.717, 1.165) is 22.7 Å². The standard InChI is InChI=1S/C22H22N4O2/c1-4-16-15(3)25(13-20(27)23-17-10-6-5-9-14(17)2)22-24-18-11-7-8-12-19(18)26(22)21(16)28/h5-12,19H,4,13H2,1-3H3/p+1. The summed E-state index contributed by atoms with van der Waals surface area (Å²) in [6, 6.07) is 7.47.